The molecule has 0 aromatic heterocycles. The topological polar surface area (TPSA) is 110 Å². The SMILES string of the molecule is [2H]C([2H])([2H])[C@]1(C)[C@H](N)C(=O)N1OS(=O)(=O)O. The van der Waals surface area contributed by atoms with E-state index in [0.717, 1.165) is 6.92 Å². The second-order valence-corrected chi connectivity index (χ2v) is 3.76. The van der Waals surface area contributed by atoms with Gasteiger partial charge in [0, 0.05) is 4.11 Å². The molecule has 13 heavy (non-hydrogen) atoms. The van der Waals surface area contributed by atoms with Crippen molar-refractivity contribution >= 4 is 16.3 Å². The Labute approximate surface area is 79.6 Å². The average Bonchev–Trinajstić information content (AvgIpc) is 2.08. The van der Waals surface area contributed by atoms with E-state index in [-0.39, 0.29) is 5.06 Å². The summed E-state index contributed by atoms with van der Waals surface area (Å²) in [6.45, 7) is -1.71. The van der Waals surface area contributed by atoms with E-state index >= 15 is 0 Å². The molecule has 0 radical (unpaired) electrons. The number of rotatable bonds is 2. The Kier molecular flexibility index (Phi) is 1.36. The molecule has 7 nitrogen and oxygen atoms in total. The number of β-lactam (4-membered cyclic amide) rings is 1. The number of amides is 1. The van der Waals surface area contributed by atoms with Crippen molar-refractivity contribution in [3.05, 3.63) is 0 Å². The lowest BCUT2D eigenvalue weighted by Gasteiger charge is -2.48. The highest BCUT2D eigenvalue weighted by Gasteiger charge is 2.55. The zero-order chi connectivity index (χ0) is 12.9. The Morgan fingerprint density at radius 2 is 2.38 bits per heavy atom. The highest BCUT2D eigenvalue weighted by molar-refractivity contribution is 7.80. The summed E-state index contributed by atoms with van der Waals surface area (Å²) in [5, 5.41) is 0.0556. The number of nitrogens with two attached hydrogens (primary N) is 1. The van der Waals surface area contributed by atoms with E-state index in [9.17, 15) is 13.2 Å². The standard InChI is InChI=1S/C5H10N2O5S/c1-5(2)3(6)4(8)7(5)12-13(9,10)11/h3H,6H2,1-2H3,(H,9,10,11)/t3-/m1/s1/i1D3/t3-,5+. The van der Waals surface area contributed by atoms with E-state index in [1.807, 2.05) is 0 Å². The van der Waals surface area contributed by atoms with Gasteiger partial charge >= 0.3 is 10.4 Å². The zero-order valence-electron chi connectivity index (χ0n) is 9.59. The third-order valence-electron chi connectivity index (χ3n) is 1.66. The van der Waals surface area contributed by atoms with Gasteiger partial charge in [0.25, 0.3) is 5.91 Å². The van der Waals surface area contributed by atoms with Crippen molar-refractivity contribution in [3.63, 3.8) is 0 Å². The van der Waals surface area contributed by atoms with E-state index in [1.54, 1.807) is 0 Å². The van der Waals surface area contributed by atoms with Gasteiger partial charge in [-0.3, -0.25) is 9.35 Å². The van der Waals surface area contributed by atoms with Crippen molar-refractivity contribution in [1.29, 1.82) is 0 Å². The molecule has 1 heterocycles. The molecule has 0 spiro atoms. The van der Waals surface area contributed by atoms with Gasteiger partial charge < -0.3 is 5.73 Å². The van der Waals surface area contributed by atoms with Gasteiger partial charge in [0.1, 0.15) is 6.04 Å². The number of hydrogen-bond acceptors (Lipinski definition) is 5. The summed E-state index contributed by atoms with van der Waals surface area (Å²) in [7, 11) is -4.97. The molecule has 0 unspecified atom stereocenters. The fraction of sp³-hybridized carbons (Fsp3) is 0.800. The minimum absolute atomic E-state index is 0.0556. The lowest BCUT2D eigenvalue weighted by Crippen LogP contribution is -2.74. The summed E-state index contributed by atoms with van der Waals surface area (Å²) in [5.74, 6) is -1.03. The normalized spacial score (nSPS) is 39.0. The first-order valence-electron chi connectivity index (χ1n) is 4.68. The third-order valence-corrected chi connectivity index (χ3v) is 2.00. The van der Waals surface area contributed by atoms with Gasteiger partial charge in [-0.05, 0) is 13.8 Å². The Morgan fingerprint density at radius 3 is 2.77 bits per heavy atom. The zero-order valence-corrected chi connectivity index (χ0v) is 7.41. The van der Waals surface area contributed by atoms with Crippen LogP contribution in [0.2, 0.25) is 0 Å². The van der Waals surface area contributed by atoms with Crippen LogP contribution in [0.1, 0.15) is 17.9 Å². The summed E-state index contributed by atoms with van der Waals surface area (Å²) in [5.41, 5.74) is 3.30. The largest absolute Gasteiger partial charge is 0.418 e. The second-order valence-electron chi connectivity index (χ2n) is 2.76. The molecule has 1 saturated heterocycles. The first-order valence-corrected chi connectivity index (χ1v) is 4.54. The smallest absolute Gasteiger partial charge is 0.318 e. The summed E-state index contributed by atoms with van der Waals surface area (Å²) in [6, 6.07) is -1.42. The van der Waals surface area contributed by atoms with Crippen LogP contribution in [0.15, 0.2) is 0 Å². The van der Waals surface area contributed by atoms with E-state index < -0.39 is 34.7 Å². The number of carbonyl (C=O) groups excluding carboxylic acids is 1. The van der Waals surface area contributed by atoms with Gasteiger partial charge in [-0.1, -0.05) is 0 Å². The minimum Gasteiger partial charge on any atom is -0.318 e. The fourth-order valence-corrected chi connectivity index (χ4v) is 1.28. The first kappa shape index (κ1) is 6.71. The van der Waals surface area contributed by atoms with Crippen LogP contribution in [0, 0.1) is 0 Å². The maximum absolute atomic E-state index is 11.2. The Morgan fingerprint density at radius 1 is 1.85 bits per heavy atom. The Hall–Kier alpha value is -0.700. The van der Waals surface area contributed by atoms with E-state index in [1.165, 1.54) is 0 Å². The van der Waals surface area contributed by atoms with Crippen LogP contribution < -0.4 is 5.73 Å². The fourth-order valence-electron chi connectivity index (χ4n) is 0.864. The number of nitrogens with zero attached hydrogens (tertiary/aromatic N) is 1. The molecule has 0 aliphatic carbocycles. The van der Waals surface area contributed by atoms with Crippen molar-refractivity contribution in [2.75, 3.05) is 0 Å². The quantitative estimate of drug-likeness (QED) is 0.434. The Balaban J connectivity index is 3.06. The maximum Gasteiger partial charge on any atom is 0.418 e. The van der Waals surface area contributed by atoms with E-state index in [2.05, 4.69) is 4.28 Å². The Bertz CT molecular complexity index is 420. The maximum atomic E-state index is 11.2. The molecule has 8 heteroatoms. The summed E-state index contributed by atoms with van der Waals surface area (Å²) in [4.78, 5) is 11.2. The molecule has 1 aliphatic heterocycles. The summed E-state index contributed by atoms with van der Waals surface area (Å²) in [6.07, 6.45) is 0. The van der Waals surface area contributed by atoms with Gasteiger partial charge in [-0.25, -0.2) is 0 Å². The molecule has 1 fully saturated rings. The predicted molar refractivity (Wildman–Crippen MR) is 41.5 cm³/mol. The van der Waals surface area contributed by atoms with E-state index in [0.29, 0.717) is 0 Å². The van der Waals surface area contributed by atoms with Crippen LogP contribution in [0.4, 0.5) is 0 Å². The van der Waals surface area contributed by atoms with Crippen LogP contribution in [0.5, 0.6) is 0 Å². The third kappa shape index (κ3) is 1.66. The molecule has 3 N–H and O–H groups in total. The van der Waals surface area contributed by atoms with Crippen LogP contribution >= 0.6 is 0 Å². The van der Waals surface area contributed by atoms with Crippen molar-refractivity contribution < 1.29 is 26.2 Å². The van der Waals surface area contributed by atoms with Crippen LogP contribution in [-0.2, 0) is 19.5 Å². The summed E-state index contributed by atoms with van der Waals surface area (Å²) >= 11 is 0. The molecule has 0 saturated carbocycles. The van der Waals surface area contributed by atoms with Crippen molar-refractivity contribution in [1.82, 2.24) is 5.06 Å². The second kappa shape index (κ2) is 2.64. The van der Waals surface area contributed by atoms with Crippen molar-refractivity contribution in [2.45, 2.75) is 25.4 Å². The van der Waals surface area contributed by atoms with Crippen LogP contribution in [0.25, 0.3) is 0 Å². The lowest BCUT2D eigenvalue weighted by atomic mass is 9.86. The van der Waals surface area contributed by atoms with Gasteiger partial charge in [0.15, 0.2) is 0 Å². The predicted octanol–water partition coefficient (Wildman–Crippen LogP) is -1.33. The number of hydroxylamine groups is 2. The first-order chi connectivity index (χ1) is 6.91. The molecular weight excluding hydrogens is 200 g/mol. The minimum atomic E-state index is -4.97. The molecule has 76 valence electrons. The highest BCUT2D eigenvalue weighted by atomic mass is 32.3. The highest BCUT2D eigenvalue weighted by Crippen LogP contribution is 2.30. The molecule has 0 aromatic carbocycles. The number of hydrogen-bond donors (Lipinski definition) is 2. The molecule has 1 rings (SSSR count). The van der Waals surface area contributed by atoms with Gasteiger partial charge in [0.05, 0.1) is 5.54 Å². The molecule has 0 aromatic rings. The van der Waals surface area contributed by atoms with Crippen molar-refractivity contribution in [3.8, 4) is 0 Å². The molecule has 0 bridgehead atoms. The van der Waals surface area contributed by atoms with Gasteiger partial charge in [-0.15, -0.1) is 4.28 Å². The van der Waals surface area contributed by atoms with Crippen LogP contribution in [-0.4, -0.2) is 35.5 Å². The lowest BCUT2D eigenvalue weighted by molar-refractivity contribution is -0.214. The number of carbonyl (C=O) groups is 1. The average molecular weight is 213 g/mol. The van der Waals surface area contributed by atoms with Gasteiger partial charge in [0.2, 0.25) is 0 Å². The van der Waals surface area contributed by atoms with Crippen LogP contribution in [0.3, 0.4) is 0 Å². The van der Waals surface area contributed by atoms with E-state index in [4.69, 9.17) is 14.4 Å². The molecule has 1 amide bonds. The van der Waals surface area contributed by atoms with Gasteiger partial charge in [-0.2, -0.15) is 13.5 Å². The monoisotopic (exact) mass is 213 g/mol. The molecule has 1 aliphatic rings. The summed E-state index contributed by atoms with van der Waals surface area (Å²) < 4.78 is 54.5. The van der Waals surface area contributed by atoms with Crippen molar-refractivity contribution in [2.24, 2.45) is 5.73 Å². The molecular formula is C5H10N2O5S. The molecule has 2 atom stereocenters.